The fourth-order valence-electron chi connectivity index (χ4n) is 2.93. The van der Waals surface area contributed by atoms with Crippen molar-refractivity contribution >= 4 is 18.0 Å². The summed E-state index contributed by atoms with van der Waals surface area (Å²) in [7, 11) is 0. The van der Waals surface area contributed by atoms with Crippen molar-refractivity contribution in [2.45, 2.75) is 0 Å². The Balaban J connectivity index is 1.44. The van der Waals surface area contributed by atoms with Crippen molar-refractivity contribution in [3.8, 4) is 5.75 Å². The molecule has 2 N–H and O–H groups in total. The average molecular weight is 402 g/mol. The highest BCUT2D eigenvalue weighted by atomic mass is 19.1. The number of carbonyl (C=O) groups is 2. The van der Waals surface area contributed by atoms with E-state index < -0.39 is 11.6 Å². The maximum atomic E-state index is 13.1. The van der Waals surface area contributed by atoms with Gasteiger partial charge in [-0.25, -0.2) is 14.2 Å². The van der Waals surface area contributed by atoms with Crippen LogP contribution in [0.4, 0.5) is 8.78 Å². The van der Waals surface area contributed by atoms with E-state index in [2.05, 4.69) is 10.5 Å². The van der Waals surface area contributed by atoms with Crippen molar-refractivity contribution in [1.82, 2.24) is 15.2 Å². The highest BCUT2D eigenvalue weighted by Gasteiger charge is 2.23. The highest BCUT2D eigenvalue weighted by molar-refractivity contribution is 5.94. The van der Waals surface area contributed by atoms with Gasteiger partial charge in [0.05, 0.1) is 12.8 Å². The van der Waals surface area contributed by atoms with Crippen molar-refractivity contribution in [2.75, 3.05) is 32.7 Å². The quantitative estimate of drug-likeness (QED) is 0.588. The van der Waals surface area contributed by atoms with Gasteiger partial charge in [-0.15, -0.1) is 0 Å². The Kier molecular flexibility index (Phi) is 6.50. The summed E-state index contributed by atoms with van der Waals surface area (Å²) in [6.07, 6.45) is 1.16. The number of hydrogen-bond acceptors (Lipinski definition) is 5. The Morgan fingerprint density at radius 3 is 2.38 bits per heavy atom. The van der Waals surface area contributed by atoms with Crippen LogP contribution in [0.25, 0.3) is 0 Å². The van der Waals surface area contributed by atoms with Gasteiger partial charge in [0.25, 0.3) is 11.8 Å². The largest absolute Gasteiger partial charge is 0.507 e. The van der Waals surface area contributed by atoms with Crippen molar-refractivity contribution in [2.24, 2.45) is 5.10 Å². The van der Waals surface area contributed by atoms with E-state index in [1.807, 2.05) is 4.90 Å². The number of aromatic hydroxyl groups is 1. The molecule has 1 saturated heterocycles. The van der Waals surface area contributed by atoms with Gasteiger partial charge >= 0.3 is 0 Å². The van der Waals surface area contributed by atoms with Crippen LogP contribution in [0.5, 0.6) is 5.75 Å². The Bertz CT molecular complexity index is 910. The zero-order valence-corrected chi connectivity index (χ0v) is 15.5. The number of halogens is 2. The summed E-state index contributed by atoms with van der Waals surface area (Å²) < 4.78 is 26.1. The first-order chi connectivity index (χ1) is 13.9. The predicted molar refractivity (Wildman–Crippen MR) is 103 cm³/mol. The van der Waals surface area contributed by atoms with E-state index in [9.17, 15) is 23.5 Å². The molecule has 7 nitrogen and oxygen atoms in total. The van der Waals surface area contributed by atoms with Gasteiger partial charge in [-0.2, -0.15) is 5.10 Å². The number of amides is 2. The van der Waals surface area contributed by atoms with E-state index in [0.717, 1.165) is 18.3 Å². The number of phenols is 1. The number of nitrogens with one attached hydrogen (secondary N) is 1. The average Bonchev–Trinajstić information content (AvgIpc) is 2.71. The fraction of sp³-hybridized carbons (Fsp3) is 0.250. The number of nitrogens with zero attached hydrogens (tertiary/aromatic N) is 3. The zero-order chi connectivity index (χ0) is 20.8. The molecule has 2 aromatic carbocycles. The van der Waals surface area contributed by atoms with E-state index >= 15 is 0 Å². The van der Waals surface area contributed by atoms with E-state index in [4.69, 9.17) is 0 Å². The Labute approximate surface area is 166 Å². The number of phenolic OH excluding ortho intramolecular Hbond substituents is 1. The minimum atomic E-state index is -0.524. The number of piperazine rings is 1. The van der Waals surface area contributed by atoms with Gasteiger partial charge in [-0.3, -0.25) is 14.5 Å². The number of rotatable bonds is 5. The molecule has 0 unspecified atom stereocenters. The van der Waals surface area contributed by atoms with Gasteiger partial charge in [0.1, 0.15) is 17.4 Å². The molecule has 1 heterocycles. The first kappa shape index (κ1) is 20.4. The van der Waals surface area contributed by atoms with E-state index in [0.29, 0.717) is 31.7 Å². The first-order valence-electron chi connectivity index (χ1n) is 9.00. The van der Waals surface area contributed by atoms with Crippen LogP contribution in [-0.2, 0) is 4.79 Å². The second-order valence-electron chi connectivity index (χ2n) is 6.57. The van der Waals surface area contributed by atoms with Gasteiger partial charge in [-0.1, -0.05) is 0 Å². The molecule has 0 bridgehead atoms. The molecule has 0 atom stereocenters. The monoisotopic (exact) mass is 402 g/mol. The molecule has 0 aromatic heterocycles. The lowest BCUT2D eigenvalue weighted by Crippen LogP contribution is -2.50. The van der Waals surface area contributed by atoms with Crippen molar-refractivity contribution < 1.29 is 23.5 Å². The maximum absolute atomic E-state index is 13.1. The molecular weight excluding hydrogens is 382 g/mol. The lowest BCUT2D eigenvalue weighted by atomic mass is 10.2. The van der Waals surface area contributed by atoms with Gasteiger partial charge < -0.3 is 10.0 Å². The zero-order valence-electron chi connectivity index (χ0n) is 15.5. The smallest absolute Gasteiger partial charge is 0.254 e. The molecule has 152 valence electrons. The summed E-state index contributed by atoms with van der Waals surface area (Å²) in [6, 6.07) is 8.81. The fourth-order valence-corrected chi connectivity index (χ4v) is 2.93. The molecular formula is C20H20F2N4O3. The highest BCUT2D eigenvalue weighted by Crippen LogP contribution is 2.15. The summed E-state index contributed by atoms with van der Waals surface area (Å²) >= 11 is 0. The Morgan fingerprint density at radius 2 is 1.69 bits per heavy atom. The summed E-state index contributed by atoms with van der Waals surface area (Å²) in [5.74, 6) is -1.60. The number of carbonyl (C=O) groups excluding carboxylic acids is 2. The van der Waals surface area contributed by atoms with Crippen LogP contribution < -0.4 is 5.43 Å². The van der Waals surface area contributed by atoms with Gasteiger partial charge in [0, 0.05) is 37.3 Å². The summed E-state index contributed by atoms with van der Waals surface area (Å²) in [5.41, 5.74) is 2.90. The van der Waals surface area contributed by atoms with Crippen molar-refractivity contribution in [3.63, 3.8) is 0 Å². The third-order valence-electron chi connectivity index (χ3n) is 4.50. The number of hydrogen-bond donors (Lipinski definition) is 2. The van der Waals surface area contributed by atoms with Crippen LogP contribution in [0.1, 0.15) is 15.9 Å². The molecule has 9 heteroatoms. The second-order valence-corrected chi connectivity index (χ2v) is 6.57. The van der Waals surface area contributed by atoms with Crippen LogP contribution in [0.15, 0.2) is 47.6 Å². The van der Waals surface area contributed by atoms with Crippen LogP contribution in [-0.4, -0.2) is 65.7 Å². The summed E-state index contributed by atoms with van der Waals surface area (Å²) in [6.45, 7) is 2.00. The van der Waals surface area contributed by atoms with Crippen LogP contribution >= 0.6 is 0 Å². The maximum Gasteiger partial charge on any atom is 0.254 e. The Morgan fingerprint density at radius 1 is 1.03 bits per heavy atom. The van der Waals surface area contributed by atoms with Crippen molar-refractivity contribution in [1.29, 1.82) is 0 Å². The molecule has 0 aliphatic carbocycles. The molecule has 2 aromatic rings. The van der Waals surface area contributed by atoms with Gasteiger partial charge in [0.2, 0.25) is 0 Å². The lowest BCUT2D eigenvalue weighted by molar-refractivity contribution is -0.122. The van der Waals surface area contributed by atoms with Gasteiger partial charge in [0.15, 0.2) is 0 Å². The standard InChI is InChI=1S/C20H20F2N4O3/c21-16-3-1-14(2-4-16)20(29)26-9-7-25(8-10-26)13-19(28)24-23-12-15-11-17(22)5-6-18(15)27/h1-6,11-12,27H,7-10,13H2,(H,24,28)/b23-12-. The SMILES string of the molecule is O=C(CN1CCN(C(=O)c2ccc(F)cc2)CC1)N/N=C\c1cc(F)ccc1O. The third-order valence-corrected chi connectivity index (χ3v) is 4.50. The second kappa shape index (κ2) is 9.24. The molecule has 1 aliphatic rings. The molecule has 1 fully saturated rings. The minimum absolute atomic E-state index is 0.0883. The topological polar surface area (TPSA) is 85.2 Å². The van der Waals surface area contributed by atoms with Crippen LogP contribution in [0, 0.1) is 11.6 Å². The molecule has 1 aliphatic heterocycles. The molecule has 0 spiro atoms. The van der Waals surface area contributed by atoms with Crippen LogP contribution in [0.3, 0.4) is 0 Å². The van der Waals surface area contributed by atoms with E-state index in [1.54, 1.807) is 4.90 Å². The van der Waals surface area contributed by atoms with E-state index in [1.165, 1.54) is 30.3 Å². The summed E-state index contributed by atoms with van der Waals surface area (Å²) in [5, 5.41) is 13.3. The lowest BCUT2D eigenvalue weighted by Gasteiger charge is -2.34. The number of benzene rings is 2. The molecule has 2 amide bonds. The summed E-state index contributed by atoms with van der Waals surface area (Å²) in [4.78, 5) is 27.9. The normalized spacial score (nSPS) is 14.9. The first-order valence-corrected chi connectivity index (χ1v) is 9.00. The van der Waals surface area contributed by atoms with E-state index in [-0.39, 0.29) is 29.7 Å². The Hall–Kier alpha value is -3.33. The third kappa shape index (κ3) is 5.58. The predicted octanol–water partition coefficient (Wildman–Crippen LogP) is 1.58. The van der Waals surface area contributed by atoms with Crippen LogP contribution in [0.2, 0.25) is 0 Å². The molecule has 29 heavy (non-hydrogen) atoms. The minimum Gasteiger partial charge on any atom is -0.507 e. The molecule has 0 radical (unpaired) electrons. The van der Waals surface area contributed by atoms with Gasteiger partial charge in [-0.05, 0) is 42.5 Å². The molecule has 0 saturated carbocycles. The van der Waals surface area contributed by atoms with Crippen molar-refractivity contribution in [3.05, 3.63) is 65.2 Å². The number of hydrazone groups is 1. The molecule has 3 rings (SSSR count).